The number of hydrogen-bond donors (Lipinski definition) is 3. The molecule has 4 atom stereocenters. The van der Waals surface area contributed by atoms with Crippen LogP contribution in [0.1, 0.15) is 37.4 Å². The fourth-order valence-electron chi connectivity index (χ4n) is 3.22. The average Bonchev–Trinajstić information content (AvgIpc) is 3.05. The Kier molecular flexibility index (Phi) is 4.40. The predicted molar refractivity (Wildman–Crippen MR) is 88.7 cm³/mol. The molecular weight excluding hydrogens is 328 g/mol. The summed E-state index contributed by atoms with van der Waals surface area (Å²) in [6.45, 7) is 5.10. The Hall–Kier alpha value is -2.23. The van der Waals surface area contributed by atoms with Crippen molar-refractivity contribution in [2.24, 2.45) is 5.92 Å². The summed E-state index contributed by atoms with van der Waals surface area (Å²) in [5, 5.41) is 20.7. The molecule has 0 amide bonds. The molecule has 4 N–H and O–H groups in total. The van der Waals surface area contributed by atoms with Crippen molar-refractivity contribution < 1.29 is 24.5 Å². The van der Waals surface area contributed by atoms with E-state index < -0.39 is 23.9 Å². The first-order chi connectivity index (χ1) is 11.8. The summed E-state index contributed by atoms with van der Waals surface area (Å²) in [4.78, 5) is 20.4. The quantitative estimate of drug-likeness (QED) is 0.678. The van der Waals surface area contributed by atoms with Gasteiger partial charge in [-0.2, -0.15) is 0 Å². The van der Waals surface area contributed by atoms with Crippen LogP contribution in [0.3, 0.4) is 0 Å². The molecule has 1 fully saturated rings. The van der Waals surface area contributed by atoms with Crippen LogP contribution in [0, 0.1) is 5.92 Å². The summed E-state index contributed by atoms with van der Waals surface area (Å²) < 4.78 is 12.5. The van der Waals surface area contributed by atoms with E-state index in [1.54, 1.807) is 25.3 Å². The van der Waals surface area contributed by atoms with E-state index in [9.17, 15) is 15.0 Å². The first-order valence-electron chi connectivity index (χ1n) is 8.09. The Bertz CT molecular complexity index is 803. The summed E-state index contributed by atoms with van der Waals surface area (Å²) in [6, 6.07) is 0. The number of hydrogen-bond acceptors (Lipinski definition) is 8. The van der Waals surface area contributed by atoms with Gasteiger partial charge >= 0.3 is 5.97 Å². The number of nitrogens with zero attached hydrogens (tertiary/aromatic N) is 3. The molecule has 0 aliphatic carbocycles. The molecule has 136 valence electrons. The maximum Gasteiger partial charge on any atom is 0.340 e. The second kappa shape index (κ2) is 6.25. The second-order valence-electron chi connectivity index (χ2n) is 6.35. The number of aliphatic hydroxyl groups is 2. The Morgan fingerprint density at radius 2 is 2.24 bits per heavy atom. The fraction of sp³-hybridized carbons (Fsp3) is 0.562. The molecule has 0 aromatic carbocycles. The third-order valence-electron chi connectivity index (χ3n) is 4.85. The number of nitrogen functional groups attached to an aromatic ring is 1. The zero-order chi connectivity index (χ0) is 18.4. The molecule has 0 spiro atoms. The van der Waals surface area contributed by atoms with Crippen LogP contribution in [-0.2, 0) is 9.47 Å². The summed E-state index contributed by atoms with van der Waals surface area (Å²) in [5.74, 6) is -0.751. The predicted octanol–water partition coefficient (Wildman–Crippen LogP) is 0.467. The van der Waals surface area contributed by atoms with E-state index in [2.05, 4.69) is 9.97 Å². The lowest BCUT2D eigenvalue weighted by Crippen LogP contribution is -2.38. The van der Waals surface area contributed by atoms with Crippen molar-refractivity contribution in [3.8, 4) is 0 Å². The summed E-state index contributed by atoms with van der Waals surface area (Å²) in [6.07, 6.45) is 1.39. The molecule has 1 saturated heterocycles. The van der Waals surface area contributed by atoms with Crippen LogP contribution in [0.25, 0.3) is 11.0 Å². The number of rotatable bonds is 4. The van der Waals surface area contributed by atoms with Gasteiger partial charge in [-0.25, -0.2) is 14.8 Å². The van der Waals surface area contributed by atoms with Crippen LogP contribution in [-0.4, -0.2) is 55.6 Å². The number of aromatic nitrogens is 3. The number of nitrogens with two attached hydrogens (primary N) is 1. The monoisotopic (exact) mass is 350 g/mol. The third kappa shape index (κ3) is 2.64. The van der Waals surface area contributed by atoms with Crippen LogP contribution in [0.15, 0.2) is 12.5 Å². The smallest absolute Gasteiger partial charge is 0.340 e. The number of ether oxygens (including phenoxy) is 2. The molecule has 2 aromatic rings. The van der Waals surface area contributed by atoms with E-state index in [1.165, 1.54) is 12.5 Å². The number of anilines is 1. The lowest BCUT2D eigenvalue weighted by Gasteiger charge is -2.28. The second-order valence-corrected chi connectivity index (χ2v) is 6.35. The number of carbonyl (C=O) groups excluding carboxylic acids is 1. The standard InChI is InChI=1S/C16H22N4O5/c1-4-24-14(22)9-5-20(13-11(9)12(17)18-7-19-13)15-16(3,23)8(2)10(6-21)25-15/h5,7-8,10,15,21,23H,4,6H2,1-3H3,(H2,17,18,19)/t8-,10?,15?,16?/m1/s1. The molecule has 3 unspecified atom stereocenters. The number of carbonyl (C=O) groups is 1. The van der Waals surface area contributed by atoms with E-state index in [4.69, 9.17) is 15.2 Å². The van der Waals surface area contributed by atoms with Crippen molar-refractivity contribution in [1.29, 1.82) is 0 Å². The zero-order valence-electron chi connectivity index (χ0n) is 14.3. The van der Waals surface area contributed by atoms with E-state index in [0.717, 1.165) is 0 Å². The van der Waals surface area contributed by atoms with Gasteiger partial charge in [0, 0.05) is 12.1 Å². The Balaban J connectivity index is 2.18. The van der Waals surface area contributed by atoms with Crippen molar-refractivity contribution in [3.63, 3.8) is 0 Å². The Labute approximate surface area is 144 Å². The van der Waals surface area contributed by atoms with Gasteiger partial charge in [0.05, 0.1) is 30.3 Å². The van der Waals surface area contributed by atoms with Gasteiger partial charge in [-0.05, 0) is 13.8 Å². The number of esters is 1. The van der Waals surface area contributed by atoms with E-state index in [1.807, 2.05) is 0 Å². The highest BCUT2D eigenvalue weighted by Gasteiger charge is 2.51. The average molecular weight is 350 g/mol. The molecule has 0 radical (unpaired) electrons. The van der Waals surface area contributed by atoms with Gasteiger partial charge in [0.2, 0.25) is 0 Å². The van der Waals surface area contributed by atoms with Crippen LogP contribution >= 0.6 is 0 Å². The topological polar surface area (TPSA) is 133 Å². The molecule has 9 nitrogen and oxygen atoms in total. The Morgan fingerprint density at radius 3 is 2.84 bits per heavy atom. The van der Waals surface area contributed by atoms with Gasteiger partial charge in [-0.1, -0.05) is 6.92 Å². The van der Waals surface area contributed by atoms with Gasteiger partial charge in [-0.15, -0.1) is 0 Å². The molecule has 1 aliphatic heterocycles. The minimum atomic E-state index is -1.29. The molecule has 0 bridgehead atoms. The van der Waals surface area contributed by atoms with E-state index in [-0.39, 0.29) is 30.5 Å². The largest absolute Gasteiger partial charge is 0.462 e. The fourth-order valence-corrected chi connectivity index (χ4v) is 3.22. The van der Waals surface area contributed by atoms with Crippen molar-refractivity contribution in [1.82, 2.24) is 14.5 Å². The van der Waals surface area contributed by atoms with E-state index >= 15 is 0 Å². The van der Waals surface area contributed by atoms with Crippen molar-refractivity contribution in [3.05, 3.63) is 18.1 Å². The normalized spacial score (nSPS) is 29.2. The highest BCUT2D eigenvalue weighted by atomic mass is 16.5. The first kappa shape index (κ1) is 17.6. The lowest BCUT2D eigenvalue weighted by molar-refractivity contribution is -0.0874. The molecule has 25 heavy (non-hydrogen) atoms. The van der Waals surface area contributed by atoms with Crippen LogP contribution in [0.2, 0.25) is 0 Å². The number of fused-ring (bicyclic) bond motifs is 1. The molecule has 3 rings (SSSR count). The summed E-state index contributed by atoms with van der Waals surface area (Å²) in [5.41, 5.74) is 5.21. The minimum absolute atomic E-state index is 0.135. The van der Waals surface area contributed by atoms with Crippen molar-refractivity contribution in [2.75, 3.05) is 18.9 Å². The first-order valence-corrected chi connectivity index (χ1v) is 8.09. The molecular formula is C16H22N4O5. The van der Waals surface area contributed by atoms with Crippen LogP contribution < -0.4 is 5.73 Å². The van der Waals surface area contributed by atoms with Gasteiger partial charge in [0.1, 0.15) is 23.4 Å². The molecule has 9 heteroatoms. The summed E-state index contributed by atoms with van der Waals surface area (Å²) >= 11 is 0. The third-order valence-corrected chi connectivity index (χ3v) is 4.85. The summed E-state index contributed by atoms with van der Waals surface area (Å²) in [7, 11) is 0. The number of aliphatic hydroxyl groups excluding tert-OH is 1. The molecule has 3 heterocycles. The molecule has 2 aromatic heterocycles. The Morgan fingerprint density at radius 1 is 1.52 bits per heavy atom. The van der Waals surface area contributed by atoms with Crippen LogP contribution in [0.5, 0.6) is 0 Å². The van der Waals surface area contributed by atoms with Gasteiger partial charge < -0.3 is 30.0 Å². The SMILES string of the molecule is CCOC(=O)c1cn(C2OC(CO)[C@@H](C)C2(C)O)c2ncnc(N)c12. The van der Waals surface area contributed by atoms with Gasteiger partial charge in [-0.3, -0.25) is 0 Å². The lowest BCUT2D eigenvalue weighted by atomic mass is 9.88. The highest BCUT2D eigenvalue weighted by Crippen LogP contribution is 2.44. The molecule has 0 saturated carbocycles. The molecule has 1 aliphatic rings. The van der Waals surface area contributed by atoms with Crippen LogP contribution in [0.4, 0.5) is 5.82 Å². The maximum atomic E-state index is 12.3. The van der Waals surface area contributed by atoms with Gasteiger partial charge in [0.25, 0.3) is 0 Å². The maximum absolute atomic E-state index is 12.3. The minimum Gasteiger partial charge on any atom is -0.462 e. The highest BCUT2D eigenvalue weighted by molar-refractivity contribution is 6.07. The van der Waals surface area contributed by atoms with E-state index in [0.29, 0.717) is 11.0 Å². The van der Waals surface area contributed by atoms with Crippen molar-refractivity contribution in [2.45, 2.75) is 38.7 Å². The zero-order valence-corrected chi connectivity index (χ0v) is 14.3. The van der Waals surface area contributed by atoms with Crippen molar-refractivity contribution >= 4 is 22.8 Å². The van der Waals surface area contributed by atoms with Gasteiger partial charge in [0.15, 0.2) is 6.23 Å².